The summed E-state index contributed by atoms with van der Waals surface area (Å²) in [5.74, 6) is 0. The molecule has 0 aliphatic rings. The number of benzene rings is 10. The molecule has 0 aliphatic heterocycles. The Kier molecular flexibility index (Phi) is 14.5. The maximum Gasteiger partial charge on any atom is 0.0385 e. The molecule has 8 heteroatoms. The van der Waals surface area contributed by atoms with Crippen LogP contribution in [0.4, 0.5) is 91.0 Å². The van der Waals surface area contributed by atoms with Crippen molar-refractivity contribution in [2.75, 3.05) is 42.5 Å². The van der Waals surface area contributed by atoms with Crippen LogP contribution in [0.2, 0.25) is 0 Å². The molecule has 0 unspecified atom stereocenters. The van der Waals surface area contributed by atoms with Crippen LogP contribution in [0.5, 0.6) is 0 Å². The molecule has 0 atom stereocenters. The Labute approximate surface area is 398 Å². The standard InChI is InChI=1S/2C30H26N4/c2*1-3-7-23(8-4-1)31-25-11-15-27(16-12-25)33-29-19-21-30(22-20-29)34-28-17-13-26(14-18-28)32-24-9-5-2-6-10-24/h2*1-22,31-34H. The van der Waals surface area contributed by atoms with E-state index in [0.29, 0.717) is 0 Å². The predicted octanol–water partition coefficient (Wildman–Crippen LogP) is 17.3. The Morgan fingerprint density at radius 2 is 0.191 bits per heavy atom. The summed E-state index contributed by atoms with van der Waals surface area (Å²) in [5.41, 5.74) is 16.9. The van der Waals surface area contributed by atoms with Crippen LogP contribution in [0.15, 0.2) is 267 Å². The minimum absolute atomic E-state index is 1.04. The summed E-state index contributed by atoms with van der Waals surface area (Å²) in [7, 11) is 0. The molecule has 10 aromatic carbocycles. The van der Waals surface area contributed by atoms with E-state index in [4.69, 9.17) is 0 Å². The Hall–Kier alpha value is -9.40. The van der Waals surface area contributed by atoms with E-state index in [1.807, 2.05) is 72.8 Å². The van der Waals surface area contributed by atoms with Crippen LogP contribution in [-0.4, -0.2) is 0 Å². The summed E-state index contributed by atoms with van der Waals surface area (Å²) in [5, 5.41) is 27.4. The highest BCUT2D eigenvalue weighted by Crippen LogP contribution is 2.28. The van der Waals surface area contributed by atoms with E-state index >= 15 is 0 Å². The summed E-state index contributed by atoms with van der Waals surface area (Å²) in [6.45, 7) is 0. The fraction of sp³-hybridized carbons (Fsp3) is 0. The molecule has 0 bridgehead atoms. The molecule has 10 aromatic rings. The van der Waals surface area contributed by atoms with E-state index < -0.39 is 0 Å². The Bertz CT molecular complexity index is 2600. The zero-order chi connectivity index (χ0) is 46.0. The summed E-state index contributed by atoms with van der Waals surface area (Å²) in [6.07, 6.45) is 0. The fourth-order valence-corrected chi connectivity index (χ4v) is 7.24. The zero-order valence-corrected chi connectivity index (χ0v) is 37.4. The van der Waals surface area contributed by atoms with Crippen molar-refractivity contribution in [1.82, 2.24) is 0 Å². The molecule has 68 heavy (non-hydrogen) atoms. The van der Waals surface area contributed by atoms with Crippen molar-refractivity contribution in [3.63, 3.8) is 0 Å². The first-order valence-electron chi connectivity index (χ1n) is 22.6. The molecule has 0 aliphatic carbocycles. The smallest absolute Gasteiger partial charge is 0.0385 e. The van der Waals surface area contributed by atoms with Gasteiger partial charge in [-0.05, 0) is 194 Å². The van der Waals surface area contributed by atoms with Crippen LogP contribution < -0.4 is 42.5 Å². The summed E-state index contributed by atoms with van der Waals surface area (Å²) >= 11 is 0. The normalized spacial score (nSPS) is 10.4. The highest BCUT2D eigenvalue weighted by atomic mass is 14.9. The van der Waals surface area contributed by atoms with E-state index in [1.54, 1.807) is 0 Å². The van der Waals surface area contributed by atoms with Crippen molar-refractivity contribution in [2.24, 2.45) is 0 Å². The van der Waals surface area contributed by atoms with Crippen molar-refractivity contribution < 1.29 is 0 Å². The molecule has 10 rings (SSSR count). The molecule has 0 spiro atoms. The van der Waals surface area contributed by atoms with Gasteiger partial charge in [0.1, 0.15) is 0 Å². The van der Waals surface area contributed by atoms with Crippen LogP contribution in [0, 0.1) is 0 Å². The van der Waals surface area contributed by atoms with Gasteiger partial charge in [0.15, 0.2) is 0 Å². The van der Waals surface area contributed by atoms with Crippen LogP contribution in [0.3, 0.4) is 0 Å². The van der Waals surface area contributed by atoms with Gasteiger partial charge in [-0.3, -0.25) is 0 Å². The molecule has 0 fully saturated rings. The van der Waals surface area contributed by atoms with Gasteiger partial charge in [0.05, 0.1) is 0 Å². The molecule has 8 N–H and O–H groups in total. The van der Waals surface area contributed by atoms with Crippen molar-refractivity contribution in [3.8, 4) is 0 Å². The van der Waals surface area contributed by atoms with Crippen molar-refractivity contribution >= 4 is 91.0 Å². The van der Waals surface area contributed by atoms with Gasteiger partial charge < -0.3 is 42.5 Å². The Morgan fingerprint density at radius 1 is 0.103 bits per heavy atom. The topological polar surface area (TPSA) is 96.2 Å². The number of hydrogen-bond donors (Lipinski definition) is 8. The van der Waals surface area contributed by atoms with Gasteiger partial charge in [-0.25, -0.2) is 0 Å². The molecule has 0 saturated carbocycles. The van der Waals surface area contributed by atoms with E-state index in [-0.39, 0.29) is 0 Å². The quantitative estimate of drug-likeness (QED) is 0.0486. The summed E-state index contributed by atoms with van der Waals surface area (Å²) < 4.78 is 0. The molecular weight excluding hydrogens is 833 g/mol. The highest BCUT2D eigenvalue weighted by Gasteiger charge is 2.03. The lowest BCUT2D eigenvalue weighted by molar-refractivity contribution is 1.50. The number of hydrogen-bond acceptors (Lipinski definition) is 8. The first kappa shape index (κ1) is 43.8. The molecule has 8 nitrogen and oxygen atoms in total. The molecule has 0 radical (unpaired) electrons. The van der Waals surface area contributed by atoms with Gasteiger partial charge in [-0.2, -0.15) is 0 Å². The first-order chi connectivity index (χ1) is 33.6. The lowest BCUT2D eigenvalue weighted by atomic mass is 10.2. The number of para-hydroxylation sites is 4. The van der Waals surface area contributed by atoms with E-state index in [1.165, 1.54) is 0 Å². The maximum absolute atomic E-state index is 3.45. The van der Waals surface area contributed by atoms with Crippen LogP contribution in [0.1, 0.15) is 0 Å². The van der Waals surface area contributed by atoms with E-state index in [2.05, 4.69) is 237 Å². The maximum atomic E-state index is 3.45. The molecule has 0 amide bonds. The average Bonchev–Trinajstić information content (AvgIpc) is 3.39. The number of nitrogens with one attached hydrogen (secondary N) is 8. The lowest BCUT2D eigenvalue weighted by Crippen LogP contribution is -1.94. The SMILES string of the molecule is c1ccc(Nc2ccc(Nc3ccc(Nc4ccc(Nc5ccccc5)cc4)cc3)cc2)cc1.c1ccc(Nc2ccc(Nc3ccc(Nc4ccc(Nc5ccccc5)cc4)cc3)cc2)cc1. The molecule has 332 valence electrons. The van der Waals surface area contributed by atoms with Gasteiger partial charge in [-0.15, -0.1) is 0 Å². The van der Waals surface area contributed by atoms with Crippen molar-refractivity contribution in [1.29, 1.82) is 0 Å². The molecule has 0 heterocycles. The van der Waals surface area contributed by atoms with Crippen molar-refractivity contribution in [3.05, 3.63) is 267 Å². The second kappa shape index (κ2) is 22.5. The molecule has 0 aromatic heterocycles. The van der Waals surface area contributed by atoms with Crippen LogP contribution >= 0.6 is 0 Å². The predicted molar refractivity (Wildman–Crippen MR) is 291 cm³/mol. The summed E-state index contributed by atoms with van der Waals surface area (Å²) in [4.78, 5) is 0. The summed E-state index contributed by atoms with van der Waals surface area (Å²) in [6, 6.07) is 90.4. The third-order valence-electron chi connectivity index (χ3n) is 10.7. The third-order valence-corrected chi connectivity index (χ3v) is 10.7. The van der Waals surface area contributed by atoms with Gasteiger partial charge >= 0.3 is 0 Å². The second-order valence-corrected chi connectivity index (χ2v) is 15.9. The van der Waals surface area contributed by atoms with Crippen LogP contribution in [0.25, 0.3) is 0 Å². The second-order valence-electron chi connectivity index (χ2n) is 15.9. The average molecular weight is 885 g/mol. The zero-order valence-electron chi connectivity index (χ0n) is 37.4. The number of rotatable bonds is 16. The molecular formula is C60H52N8. The Morgan fingerprint density at radius 3 is 0.294 bits per heavy atom. The molecule has 0 saturated heterocycles. The van der Waals surface area contributed by atoms with E-state index in [9.17, 15) is 0 Å². The lowest BCUT2D eigenvalue weighted by Gasteiger charge is -2.11. The fourth-order valence-electron chi connectivity index (χ4n) is 7.24. The van der Waals surface area contributed by atoms with Crippen molar-refractivity contribution in [2.45, 2.75) is 0 Å². The number of anilines is 16. The van der Waals surface area contributed by atoms with E-state index in [0.717, 1.165) is 91.0 Å². The minimum Gasteiger partial charge on any atom is -0.356 e. The Balaban J connectivity index is 0.000000170. The monoisotopic (exact) mass is 884 g/mol. The first-order valence-corrected chi connectivity index (χ1v) is 22.6. The van der Waals surface area contributed by atoms with Gasteiger partial charge in [0.2, 0.25) is 0 Å². The minimum atomic E-state index is 1.04. The van der Waals surface area contributed by atoms with Gasteiger partial charge in [0, 0.05) is 91.0 Å². The largest absolute Gasteiger partial charge is 0.356 e. The van der Waals surface area contributed by atoms with Gasteiger partial charge in [-0.1, -0.05) is 72.8 Å². The van der Waals surface area contributed by atoms with Gasteiger partial charge in [0.25, 0.3) is 0 Å². The third kappa shape index (κ3) is 13.3. The highest BCUT2D eigenvalue weighted by molar-refractivity contribution is 5.72. The van der Waals surface area contributed by atoms with Crippen LogP contribution in [-0.2, 0) is 0 Å².